The zero-order valence-electron chi connectivity index (χ0n) is 17.8. The highest BCUT2D eigenvalue weighted by molar-refractivity contribution is 5.80. The Kier molecular flexibility index (Phi) is 5.27. The first-order valence-corrected chi connectivity index (χ1v) is 10.7. The predicted molar refractivity (Wildman–Crippen MR) is 115 cm³/mol. The zero-order valence-corrected chi connectivity index (χ0v) is 17.8. The van der Waals surface area contributed by atoms with Crippen LogP contribution in [0.15, 0.2) is 35.6 Å². The minimum absolute atomic E-state index is 0.128. The Morgan fingerprint density at radius 1 is 1.23 bits per heavy atom. The smallest absolute Gasteiger partial charge is 0.192 e. The lowest BCUT2D eigenvalue weighted by Crippen LogP contribution is -2.48. The first-order valence-electron chi connectivity index (χ1n) is 10.7. The van der Waals surface area contributed by atoms with E-state index >= 15 is 0 Å². The number of ether oxygens (including phenoxy) is 1. The Morgan fingerprint density at radius 2 is 2.13 bits per heavy atom. The number of aliphatic imine (C=N–C) groups is 1. The van der Waals surface area contributed by atoms with Crippen molar-refractivity contribution >= 4 is 5.96 Å². The average molecular weight is 422 g/mol. The molecule has 31 heavy (non-hydrogen) atoms. The second-order valence-electron chi connectivity index (χ2n) is 8.00. The fraction of sp³-hybridized carbons (Fsp3) is 0.476. The van der Waals surface area contributed by atoms with Gasteiger partial charge in [-0.05, 0) is 19.4 Å². The molecule has 0 bridgehead atoms. The minimum atomic E-state index is 0.128. The second-order valence-corrected chi connectivity index (χ2v) is 8.00. The SMILES string of the molecule is Cc1nnc(CN=C(NC2CCc3ncnn3C2)NC2CCOc3ccccc32)n1C. The van der Waals surface area contributed by atoms with Gasteiger partial charge in [0.2, 0.25) is 0 Å². The molecule has 162 valence electrons. The monoisotopic (exact) mass is 421 g/mol. The number of para-hydroxylation sites is 1. The molecule has 0 amide bonds. The van der Waals surface area contributed by atoms with Crippen LogP contribution in [0.25, 0.3) is 0 Å². The van der Waals surface area contributed by atoms with Gasteiger partial charge in [-0.1, -0.05) is 18.2 Å². The lowest BCUT2D eigenvalue weighted by Gasteiger charge is -2.30. The number of aromatic nitrogens is 6. The Labute approximate surface area is 180 Å². The lowest BCUT2D eigenvalue weighted by atomic mass is 10.0. The van der Waals surface area contributed by atoms with Crippen molar-refractivity contribution < 1.29 is 4.74 Å². The van der Waals surface area contributed by atoms with Crippen LogP contribution in [0.1, 0.15) is 41.9 Å². The number of rotatable bonds is 4. The molecule has 0 saturated carbocycles. The van der Waals surface area contributed by atoms with Crippen molar-refractivity contribution in [1.82, 2.24) is 40.2 Å². The molecule has 2 atom stereocenters. The minimum Gasteiger partial charge on any atom is -0.493 e. The molecular formula is C21H27N9O. The van der Waals surface area contributed by atoms with E-state index in [-0.39, 0.29) is 12.1 Å². The van der Waals surface area contributed by atoms with Gasteiger partial charge in [0, 0.05) is 31.5 Å². The van der Waals surface area contributed by atoms with Gasteiger partial charge in [0.1, 0.15) is 30.3 Å². The number of benzene rings is 1. The highest BCUT2D eigenvalue weighted by atomic mass is 16.5. The molecule has 2 aromatic heterocycles. The van der Waals surface area contributed by atoms with Crippen LogP contribution >= 0.6 is 0 Å². The summed E-state index contributed by atoms with van der Waals surface area (Å²) in [5.74, 6) is 4.43. The number of nitrogens with zero attached hydrogens (tertiary/aromatic N) is 7. The third kappa shape index (κ3) is 4.10. The topological polar surface area (TPSA) is 107 Å². The van der Waals surface area contributed by atoms with E-state index in [0.29, 0.717) is 13.2 Å². The van der Waals surface area contributed by atoms with Gasteiger partial charge in [0.15, 0.2) is 11.8 Å². The molecule has 2 unspecified atom stereocenters. The predicted octanol–water partition coefficient (Wildman–Crippen LogP) is 1.29. The maximum atomic E-state index is 5.82. The van der Waals surface area contributed by atoms with Gasteiger partial charge in [0.05, 0.1) is 19.2 Å². The van der Waals surface area contributed by atoms with Crippen LogP contribution < -0.4 is 15.4 Å². The van der Waals surface area contributed by atoms with Crippen molar-refractivity contribution in [3.8, 4) is 5.75 Å². The van der Waals surface area contributed by atoms with E-state index in [1.54, 1.807) is 6.33 Å². The molecule has 3 aromatic rings. The highest BCUT2D eigenvalue weighted by Gasteiger charge is 2.25. The molecule has 2 N–H and O–H groups in total. The molecule has 2 aliphatic rings. The molecule has 5 rings (SSSR count). The number of fused-ring (bicyclic) bond motifs is 2. The lowest BCUT2D eigenvalue weighted by molar-refractivity contribution is 0.261. The Balaban J connectivity index is 1.36. The van der Waals surface area contributed by atoms with Crippen LogP contribution in [0, 0.1) is 6.92 Å². The van der Waals surface area contributed by atoms with E-state index in [0.717, 1.165) is 60.6 Å². The van der Waals surface area contributed by atoms with Gasteiger partial charge >= 0.3 is 0 Å². The van der Waals surface area contributed by atoms with E-state index in [4.69, 9.17) is 9.73 Å². The van der Waals surface area contributed by atoms with Crippen molar-refractivity contribution in [2.24, 2.45) is 12.0 Å². The summed E-state index contributed by atoms with van der Waals surface area (Å²) in [6.45, 7) is 3.83. The summed E-state index contributed by atoms with van der Waals surface area (Å²) < 4.78 is 9.76. The van der Waals surface area contributed by atoms with Crippen LogP contribution in [-0.2, 0) is 26.6 Å². The third-order valence-electron chi connectivity index (χ3n) is 5.98. The fourth-order valence-electron chi connectivity index (χ4n) is 4.08. The summed E-state index contributed by atoms with van der Waals surface area (Å²) in [5, 5.41) is 20.0. The first-order chi connectivity index (χ1) is 15.2. The number of guanidine groups is 1. The molecule has 10 heteroatoms. The molecular weight excluding hydrogens is 394 g/mol. The number of hydrogen-bond donors (Lipinski definition) is 2. The summed E-state index contributed by atoms with van der Waals surface area (Å²) in [7, 11) is 1.96. The zero-order chi connectivity index (χ0) is 21.2. The van der Waals surface area contributed by atoms with Gasteiger partial charge in [-0.2, -0.15) is 5.10 Å². The molecule has 10 nitrogen and oxygen atoms in total. The highest BCUT2D eigenvalue weighted by Crippen LogP contribution is 2.31. The van der Waals surface area contributed by atoms with Crippen molar-refractivity contribution in [2.45, 2.75) is 51.4 Å². The van der Waals surface area contributed by atoms with Crippen molar-refractivity contribution in [3.05, 3.63) is 53.6 Å². The molecule has 0 spiro atoms. The Morgan fingerprint density at radius 3 is 3.00 bits per heavy atom. The van der Waals surface area contributed by atoms with Crippen LogP contribution in [0.3, 0.4) is 0 Å². The number of aryl methyl sites for hydroxylation is 2. The molecule has 0 saturated heterocycles. The van der Waals surface area contributed by atoms with Gasteiger partial charge < -0.3 is 19.9 Å². The maximum Gasteiger partial charge on any atom is 0.192 e. The maximum absolute atomic E-state index is 5.82. The summed E-state index contributed by atoms with van der Waals surface area (Å²) >= 11 is 0. The van der Waals surface area contributed by atoms with E-state index in [1.807, 2.05) is 41.4 Å². The van der Waals surface area contributed by atoms with Gasteiger partial charge in [-0.25, -0.2) is 14.7 Å². The van der Waals surface area contributed by atoms with Gasteiger partial charge in [-0.15, -0.1) is 10.2 Å². The molecule has 2 aliphatic heterocycles. The fourth-order valence-corrected chi connectivity index (χ4v) is 4.08. The van der Waals surface area contributed by atoms with Gasteiger partial charge in [-0.3, -0.25) is 0 Å². The molecule has 0 fully saturated rings. The van der Waals surface area contributed by atoms with Crippen LogP contribution in [-0.4, -0.2) is 48.1 Å². The normalized spacial score (nSPS) is 20.5. The average Bonchev–Trinajstić information content (AvgIpc) is 3.38. The first kappa shape index (κ1) is 19.5. The summed E-state index contributed by atoms with van der Waals surface area (Å²) in [6.07, 6.45) is 4.37. The summed E-state index contributed by atoms with van der Waals surface area (Å²) in [4.78, 5) is 9.18. The van der Waals surface area contributed by atoms with E-state index in [1.165, 1.54) is 0 Å². The Bertz CT molecular complexity index is 1090. The van der Waals surface area contributed by atoms with Crippen LogP contribution in [0.2, 0.25) is 0 Å². The quantitative estimate of drug-likeness (QED) is 0.483. The molecule has 0 radical (unpaired) electrons. The summed E-state index contributed by atoms with van der Waals surface area (Å²) in [5.41, 5.74) is 1.15. The molecule has 1 aromatic carbocycles. The largest absolute Gasteiger partial charge is 0.493 e. The van der Waals surface area contributed by atoms with Crippen molar-refractivity contribution in [1.29, 1.82) is 0 Å². The number of nitrogens with one attached hydrogen (secondary N) is 2. The van der Waals surface area contributed by atoms with E-state index < -0.39 is 0 Å². The number of hydrogen-bond acceptors (Lipinski definition) is 6. The van der Waals surface area contributed by atoms with E-state index in [9.17, 15) is 0 Å². The van der Waals surface area contributed by atoms with Crippen molar-refractivity contribution in [3.63, 3.8) is 0 Å². The van der Waals surface area contributed by atoms with Gasteiger partial charge in [0.25, 0.3) is 0 Å². The van der Waals surface area contributed by atoms with Crippen LogP contribution in [0.5, 0.6) is 5.75 Å². The third-order valence-corrected chi connectivity index (χ3v) is 5.98. The molecule has 4 heterocycles. The van der Waals surface area contributed by atoms with Crippen molar-refractivity contribution in [2.75, 3.05) is 6.61 Å². The standard InChI is InChI=1S/C21H27N9O/c1-14-27-28-20(29(14)2)11-22-21(25-15-7-8-19-23-13-24-30(19)12-15)26-17-9-10-31-18-6-4-3-5-16(17)18/h3-6,13,15,17H,7-12H2,1-2H3,(H2,22,25,26). The second kappa shape index (κ2) is 8.37. The summed E-state index contributed by atoms with van der Waals surface area (Å²) in [6, 6.07) is 8.52. The Hall–Kier alpha value is -3.43. The van der Waals surface area contributed by atoms with E-state index in [2.05, 4.69) is 37.0 Å². The van der Waals surface area contributed by atoms with Crippen LogP contribution in [0.4, 0.5) is 0 Å². The molecule has 0 aliphatic carbocycles.